The number of fused-ring (bicyclic) bond motifs is 1. The van der Waals surface area contributed by atoms with Crippen LogP contribution in [-0.4, -0.2) is 37.2 Å². The third-order valence-corrected chi connectivity index (χ3v) is 6.84. The molecule has 1 fully saturated rings. The zero-order valence-electron chi connectivity index (χ0n) is 19.6. The first-order chi connectivity index (χ1) is 17.3. The number of ether oxygens (including phenoxy) is 1. The van der Waals surface area contributed by atoms with Crippen molar-refractivity contribution < 1.29 is 27.1 Å². The first-order valence-electron chi connectivity index (χ1n) is 11.7. The van der Waals surface area contributed by atoms with Crippen LogP contribution in [-0.2, 0) is 19.3 Å². The molecule has 3 aromatic rings. The molecule has 3 aromatic carbocycles. The maximum Gasteiger partial charge on any atom is 0.416 e. The van der Waals surface area contributed by atoms with Crippen molar-refractivity contribution in [3.05, 3.63) is 89.2 Å². The van der Waals surface area contributed by atoms with Crippen LogP contribution in [0.15, 0.2) is 66.7 Å². The lowest BCUT2D eigenvalue weighted by atomic mass is 10.0. The molecule has 0 radical (unpaired) electrons. The van der Waals surface area contributed by atoms with Crippen LogP contribution in [0, 0.1) is 5.82 Å². The Labute approximate surface area is 206 Å². The number of carbonyl (C=O) groups is 1. The highest BCUT2D eigenvalue weighted by Gasteiger charge is 2.40. The average Bonchev–Trinajstić information content (AvgIpc) is 3.34. The topological polar surface area (TPSA) is 36.0 Å². The minimum atomic E-state index is -4.53. The van der Waals surface area contributed by atoms with Gasteiger partial charge in [-0.3, -0.25) is 4.90 Å². The van der Waals surface area contributed by atoms with Crippen molar-refractivity contribution in [2.45, 2.75) is 31.7 Å². The molecule has 0 aliphatic carbocycles. The minimum Gasteiger partial charge on any atom is -0.494 e. The van der Waals surface area contributed by atoms with E-state index in [1.807, 2.05) is 17.0 Å². The SMILES string of the molecule is COc1cccc(F)c1N1CCC(N2Cc3ccccc3N(Cc3ccccc3C(F)(F)F)C2=O)C1. The number of nitrogens with zero attached hydrogens (tertiary/aromatic N) is 3. The van der Waals surface area contributed by atoms with Gasteiger partial charge in [-0.2, -0.15) is 13.2 Å². The molecule has 188 valence electrons. The van der Waals surface area contributed by atoms with Gasteiger partial charge in [0, 0.05) is 19.6 Å². The molecule has 2 aliphatic rings. The van der Waals surface area contributed by atoms with Gasteiger partial charge in [0.2, 0.25) is 0 Å². The summed E-state index contributed by atoms with van der Waals surface area (Å²) < 4.78 is 61.0. The Kier molecular flexibility index (Phi) is 6.24. The molecule has 2 heterocycles. The molecule has 2 amide bonds. The van der Waals surface area contributed by atoms with Crippen LogP contribution in [0.4, 0.5) is 33.7 Å². The summed E-state index contributed by atoms with van der Waals surface area (Å²) in [7, 11) is 1.48. The van der Waals surface area contributed by atoms with Crippen molar-refractivity contribution in [1.82, 2.24) is 4.90 Å². The Balaban J connectivity index is 1.45. The molecule has 0 N–H and O–H groups in total. The summed E-state index contributed by atoms with van der Waals surface area (Å²) in [6, 6.07) is 16.6. The number of para-hydroxylation sites is 2. The van der Waals surface area contributed by atoms with Crippen molar-refractivity contribution in [1.29, 1.82) is 0 Å². The quantitative estimate of drug-likeness (QED) is 0.400. The van der Waals surface area contributed by atoms with Gasteiger partial charge in [-0.1, -0.05) is 42.5 Å². The average molecular weight is 500 g/mol. The Hall–Kier alpha value is -3.75. The summed E-state index contributed by atoms with van der Waals surface area (Å²) in [6.45, 7) is 1.03. The Morgan fingerprint density at radius 3 is 2.53 bits per heavy atom. The lowest BCUT2D eigenvalue weighted by molar-refractivity contribution is -0.138. The van der Waals surface area contributed by atoms with Crippen molar-refractivity contribution in [3.8, 4) is 5.75 Å². The molecule has 1 atom stereocenters. The van der Waals surface area contributed by atoms with E-state index in [0.717, 1.165) is 11.6 Å². The number of methoxy groups -OCH3 is 1. The summed E-state index contributed by atoms with van der Waals surface area (Å²) in [6.07, 6.45) is -3.93. The second-order valence-corrected chi connectivity index (χ2v) is 8.96. The lowest BCUT2D eigenvalue weighted by Crippen LogP contribution is -2.52. The van der Waals surface area contributed by atoms with E-state index >= 15 is 0 Å². The van der Waals surface area contributed by atoms with E-state index in [-0.39, 0.29) is 24.2 Å². The van der Waals surface area contributed by atoms with Crippen molar-refractivity contribution in [2.24, 2.45) is 0 Å². The fourth-order valence-corrected chi connectivity index (χ4v) is 5.13. The third-order valence-electron chi connectivity index (χ3n) is 6.84. The number of halogens is 4. The fraction of sp³-hybridized carbons (Fsp3) is 0.296. The number of hydrogen-bond donors (Lipinski definition) is 0. The molecule has 9 heteroatoms. The zero-order chi connectivity index (χ0) is 25.4. The highest BCUT2D eigenvalue weighted by atomic mass is 19.4. The molecule has 5 nitrogen and oxygen atoms in total. The number of anilines is 2. The van der Waals surface area contributed by atoms with E-state index in [0.29, 0.717) is 43.2 Å². The molecule has 0 aromatic heterocycles. The number of urea groups is 1. The minimum absolute atomic E-state index is 0.0270. The monoisotopic (exact) mass is 499 g/mol. The predicted octanol–water partition coefficient (Wildman–Crippen LogP) is 6.07. The van der Waals surface area contributed by atoms with Gasteiger partial charge in [-0.05, 0) is 41.8 Å². The number of hydrogen-bond acceptors (Lipinski definition) is 3. The molecule has 5 rings (SSSR count). The summed E-state index contributed by atoms with van der Waals surface area (Å²) in [5.74, 6) is 0.00653. The van der Waals surface area contributed by atoms with Crippen molar-refractivity contribution in [2.75, 3.05) is 30.0 Å². The summed E-state index contributed by atoms with van der Waals surface area (Å²) in [5.41, 5.74) is 1.07. The standard InChI is InChI=1S/C27H25F4N3O2/c1-36-24-12-6-10-22(28)25(24)32-14-13-20(17-32)33-16-19-8-3-5-11-23(19)34(26(33)35)15-18-7-2-4-9-21(18)27(29,30)31/h2-12,20H,13-17H2,1H3. The Morgan fingerprint density at radius 1 is 1.00 bits per heavy atom. The highest BCUT2D eigenvalue weighted by Crippen LogP contribution is 2.38. The zero-order valence-corrected chi connectivity index (χ0v) is 19.6. The van der Waals surface area contributed by atoms with Gasteiger partial charge in [0.1, 0.15) is 17.3 Å². The van der Waals surface area contributed by atoms with E-state index in [2.05, 4.69) is 0 Å². The predicted molar refractivity (Wildman–Crippen MR) is 129 cm³/mol. The van der Waals surface area contributed by atoms with Crippen LogP contribution in [0.1, 0.15) is 23.1 Å². The van der Waals surface area contributed by atoms with Crippen LogP contribution in [0.2, 0.25) is 0 Å². The molecule has 1 unspecified atom stereocenters. The molecule has 1 saturated heterocycles. The molecular formula is C27H25F4N3O2. The highest BCUT2D eigenvalue weighted by molar-refractivity contribution is 5.95. The smallest absolute Gasteiger partial charge is 0.416 e. The van der Waals surface area contributed by atoms with Gasteiger partial charge in [0.15, 0.2) is 0 Å². The van der Waals surface area contributed by atoms with Gasteiger partial charge in [0.05, 0.1) is 30.9 Å². The first-order valence-corrected chi connectivity index (χ1v) is 11.7. The summed E-state index contributed by atoms with van der Waals surface area (Å²) in [5, 5.41) is 0. The maximum atomic E-state index is 14.7. The number of alkyl halides is 3. The van der Waals surface area contributed by atoms with Crippen LogP contribution in [0.25, 0.3) is 0 Å². The number of amides is 2. The van der Waals surface area contributed by atoms with E-state index in [9.17, 15) is 22.4 Å². The molecule has 0 bridgehead atoms. The largest absolute Gasteiger partial charge is 0.494 e. The van der Waals surface area contributed by atoms with Crippen LogP contribution in [0.3, 0.4) is 0 Å². The Morgan fingerprint density at radius 2 is 1.75 bits per heavy atom. The van der Waals surface area contributed by atoms with E-state index < -0.39 is 17.6 Å². The number of benzene rings is 3. The fourth-order valence-electron chi connectivity index (χ4n) is 5.13. The molecular weight excluding hydrogens is 474 g/mol. The van der Waals surface area contributed by atoms with Gasteiger partial charge in [-0.25, -0.2) is 9.18 Å². The van der Waals surface area contributed by atoms with Crippen LogP contribution >= 0.6 is 0 Å². The summed E-state index contributed by atoms with van der Waals surface area (Å²) >= 11 is 0. The van der Waals surface area contributed by atoms with E-state index in [1.165, 1.54) is 30.2 Å². The lowest BCUT2D eigenvalue weighted by Gasteiger charge is -2.40. The van der Waals surface area contributed by atoms with Gasteiger partial charge >= 0.3 is 12.2 Å². The molecule has 36 heavy (non-hydrogen) atoms. The van der Waals surface area contributed by atoms with Gasteiger partial charge in [-0.15, -0.1) is 0 Å². The van der Waals surface area contributed by atoms with Gasteiger partial charge < -0.3 is 14.5 Å². The second kappa shape index (κ2) is 9.37. The molecule has 0 spiro atoms. The molecule has 0 saturated carbocycles. The Bertz CT molecular complexity index is 1280. The van der Waals surface area contributed by atoms with Crippen molar-refractivity contribution >= 4 is 17.4 Å². The normalized spacial score (nSPS) is 18.0. The summed E-state index contributed by atoms with van der Waals surface area (Å²) in [4.78, 5) is 18.7. The van der Waals surface area contributed by atoms with Crippen molar-refractivity contribution in [3.63, 3.8) is 0 Å². The maximum absolute atomic E-state index is 14.7. The second-order valence-electron chi connectivity index (χ2n) is 8.96. The van der Waals surface area contributed by atoms with E-state index in [1.54, 1.807) is 35.2 Å². The van der Waals surface area contributed by atoms with Gasteiger partial charge in [0.25, 0.3) is 0 Å². The third kappa shape index (κ3) is 4.34. The molecule has 2 aliphatic heterocycles. The van der Waals surface area contributed by atoms with Crippen LogP contribution < -0.4 is 14.5 Å². The first kappa shape index (κ1) is 24.0. The van der Waals surface area contributed by atoms with Crippen LogP contribution in [0.5, 0.6) is 5.75 Å². The number of rotatable bonds is 5. The number of carbonyl (C=O) groups excluding carboxylic acids is 1. The van der Waals surface area contributed by atoms with E-state index in [4.69, 9.17) is 4.74 Å².